The molecule has 1 amide bonds. The number of hydrogen-bond donors (Lipinski definition) is 3. The first kappa shape index (κ1) is 72.3. The highest BCUT2D eigenvalue weighted by atomic mass is 16.5. The number of carbonyl (C=O) groups excluding carboxylic acids is 2. The summed E-state index contributed by atoms with van der Waals surface area (Å²) >= 11 is 0. The standard InChI is InChI=1S/C68H131NO5/c1-3-5-7-9-11-13-15-17-19-21-22-23-24-25-26-29-32-36-40-44-48-52-56-60-66(71)65(64-70)69-67(72)61-57-53-49-45-41-37-33-30-27-31-35-39-43-47-51-55-59-63-74-68(73)62-58-54-50-46-42-38-34-28-20-18-16-14-12-10-8-6-4-2/h27,31,39,43,65-66,70-71H,3-26,28-30,32-38,40-42,44-64H2,1-2H3,(H,69,72)/b31-27-,43-39-. The maximum atomic E-state index is 12.5. The number of amides is 1. The van der Waals surface area contributed by atoms with Gasteiger partial charge < -0.3 is 20.3 Å². The summed E-state index contributed by atoms with van der Waals surface area (Å²) in [6.45, 7) is 4.95. The third-order valence-corrected chi connectivity index (χ3v) is 15.8. The van der Waals surface area contributed by atoms with Gasteiger partial charge in [-0.1, -0.05) is 321 Å². The lowest BCUT2D eigenvalue weighted by molar-refractivity contribution is -0.143. The molecule has 0 bridgehead atoms. The summed E-state index contributed by atoms with van der Waals surface area (Å²) in [6, 6.07) is -0.555. The van der Waals surface area contributed by atoms with Gasteiger partial charge in [0, 0.05) is 12.8 Å². The van der Waals surface area contributed by atoms with Gasteiger partial charge in [0.2, 0.25) is 5.91 Å². The average molecular weight is 1040 g/mol. The molecule has 0 aliphatic carbocycles. The Labute approximate surface area is 462 Å². The third-order valence-electron chi connectivity index (χ3n) is 15.8. The molecule has 438 valence electrons. The Balaban J connectivity index is 3.46. The van der Waals surface area contributed by atoms with Crippen LogP contribution in [-0.2, 0) is 14.3 Å². The Hall–Kier alpha value is -1.66. The van der Waals surface area contributed by atoms with Gasteiger partial charge >= 0.3 is 5.97 Å². The third kappa shape index (κ3) is 59.6. The minimum absolute atomic E-state index is 0.0105. The van der Waals surface area contributed by atoms with E-state index >= 15 is 0 Å². The molecule has 0 aliphatic rings. The molecular formula is C68H131NO5. The zero-order chi connectivity index (χ0) is 53.6. The predicted octanol–water partition coefficient (Wildman–Crippen LogP) is 21.4. The van der Waals surface area contributed by atoms with Crippen molar-refractivity contribution in [2.45, 2.75) is 386 Å². The summed E-state index contributed by atoms with van der Waals surface area (Å²) in [5.74, 6) is -0.0574. The molecule has 0 saturated carbocycles. The van der Waals surface area contributed by atoms with Gasteiger partial charge in [0.25, 0.3) is 0 Å². The monoisotopic (exact) mass is 1040 g/mol. The number of rotatable bonds is 63. The van der Waals surface area contributed by atoms with Crippen molar-refractivity contribution in [3.05, 3.63) is 24.3 Å². The number of esters is 1. The zero-order valence-corrected chi connectivity index (χ0v) is 50.1. The first-order valence-electron chi connectivity index (χ1n) is 33.6. The van der Waals surface area contributed by atoms with E-state index in [2.05, 4.69) is 43.5 Å². The second kappa shape index (κ2) is 63.9. The molecular weight excluding hydrogens is 911 g/mol. The Bertz CT molecular complexity index is 1150. The quantitative estimate of drug-likeness (QED) is 0.0320. The van der Waals surface area contributed by atoms with Crippen LogP contribution in [0.15, 0.2) is 24.3 Å². The van der Waals surface area contributed by atoms with Crippen LogP contribution in [0.25, 0.3) is 0 Å². The number of nitrogens with one attached hydrogen (secondary N) is 1. The van der Waals surface area contributed by atoms with Crippen molar-refractivity contribution in [1.29, 1.82) is 0 Å². The van der Waals surface area contributed by atoms with E-state index in [1.807, 2.05) is 0 Å². The van der Waals surface area contributed by atoms with Gasteiger partial charge in [-0.15, -0.1) is 0 Å². The summed E-state index contributed by atoms with van der Waals surface area (Å²) < 4.78 is 5.47. The number of ether oxygens (including phenoxy) is 1. The van der Waals surface area contributed by atoms with E-state index < -0.39 is 12.1 Å². The van der Waals surface area contributed by atoms with Gasteiger partial charge in [-0.2, -0.15) is 0 Å². The van der Waals surface area contributed by atoms with E-state index in [-0.39, 0.29) is 18.5 Å². The maximum Gasteiger partial charge on any atom is 0.305 e. The molecule has 0 aromatic rings. The molecule has 2 atom stereocenters. The minimum atomic E-state index is -0.676. The summed E-state index contributed by atoms with van der Waals surface area (Å²) in [7, 11) is 0. The molecule has 6 nitrogen and oxygen atoms in total. The number of carbonyl (C=O) groups is 2. The van der Waals surface area contributed by atoms with Crippen molar-refractivity contribution >= 4 is 11.9 Å². The van der Waals surface area contributed by atoms with Gasteiger partial charge in [-0.25, -0.2) is 0 Å². The Morgan fingerprint density at radius 1 is 0.378 bits per heavy atom. The molecule has 74 heavy (non-hydrogen) atoms. The van der Waals surface area contributed by atoms with Crippen LogP contribution in [0.1, 0.15) is 373 Å². The van der Waals surface area contributed by atoms with Crippen LogP contribution in [0.4, 0.5) is 0 Å². The van der Waals surface area contributed by atoms with E-state index in [1.54, 1.807) is 0 Å². The van der Waals surface area contributed by atoms with Crippen molar-refractivity contribution in [1.82, 2.24) is 5.32 Å². The Morgan fingerprint density at radius 3 is 1.03 bits per heavy atom. The fourth-order valence-corrected chi connectivity index (χ4v) is 10.6. The Kier molecular flexibility index (Phi) is 62.4. The van der Waals surface area contributed by atoms with E-state index in [9.17, 15) is 19.8 Å². The molecule has 0 radical (unpaired) electrons. The van der Waals surface area contributed by atoms with Crippen LogP contribution in [0.2, 0.25) is 0 Å². The predicted molar refractivity (Wildman–Crippen MR) is 324 cm³/mol. The molecule has 0 rings (SSSR count). The maximum absolute atomic E-state index is 12.5. The van der Waals surface area contributed by atoms with Gasteiger partial charge in [0.1, 0.15) is 0 Å². The number of hydrogen-bond acceptors (Lipinski definition) is 5. The lowest BCUT2D eigenvalue weighted by Gasteiger charge is -2.22. The molecule has 0 spiro atoms. The van der Waals surface area contributed by atoms with E-state index in [0.717, 1.165) is 83.5 Å². The first-order chi connectivity index (χ1) is 36.5. The van der Waals surface area contributed by atoms with Crippen molar-refractivity contribution < 1.29 is 24.5 Å². The lowest BCUT2D eigenvalue weighted by Crippen LogP contribution is -2.45. The summed E-state index contributed by atoms with van der Waals surface area (Å²) in [5, 5.41) is 23.4. The van der Waals surface area contributed by atoms with Gasteiger partial charge in [-0.05, 0) is 64.2 Å². The fraction of sp³-hybridized carbons (Fsp3) is 0.912. The summed E-state index contributed by atoms with van der Waals surface area (Å²) in [5.41, 5.74) is 0. The van der Waals surface area contributed by atoms with Crippen molar-refractivity contribution in [3.63, 3.8) is 0 Å². The van der Waals surface area contributed by atoms with Crippen LogP contribution in [0.3, 0.4) is 0 Å². The highest BCUT2D eigenvalue weighted by molar-refractivity contribution is 5.76. The molecule has 0 fully saturated rings. The zero-order valence-electron chi connectivity index (χ0n) is 50.1. The highest BCUT2D eigenvalue weighted by Crippen LogP contribution is 2.19. The van der Waals surface area contributed by atoms with Crippen LogP contribution >= 0.6 is 0 Å². The van der Waals surface area contributed by atoms with E-state index in [1.165, 1.54) is 257 Å². The molecule has 0 aromatic carbocycles. The molecule has 3 N–H and O–H groups in total. The summed E-state index contributed by atoms with van der Waals surface area (Å²) in [4.78, 5) is 24.6. The molecule has 0 aliphatic heterocycles. The topological polar surface area (TPSA) is 95.9 Å². The van der Waals surface area contributed by atoms with Gasteiger partial charge in [0.05, 0.1) is 25.4 Å². The second-order valence-electron chi connectivity index (χ2n) is 23.2. The number of aliphatic hydroxyl groups excluding tert-OH is 2. The first-order valence-corrected chi connectivity index (χ1v) is 33.6. The molecule has 0 heterocycles. The van der Waals surface area contributed by atoms with E-state index in [0.29, 0.717) is 25.9 Å². The van der Waals surface area contributed by atoms with Crippen molar-refractivity contribution in [3.8, 4) is 0 Å². The van der Waals surface area contributed by atoms with Crippen LogP contribution in [-0.4, -0.2) is 47.4 Å². The van der Waals surface area contributed by atoms with Crippen molar-refractivity contribution in [2.75, 3.05) is 13.2 Å². The van der Waals surface area contributed by atoms with Gasteiger partial charge in [0.15, 0.2) is 0 Å². The number of unbranched alkanes of at least 4 members (excludes halogenated alkanes) is 48. The number of aliphatic hydroxyl groups is 2. The molecule has 0 saturated heterocycles. The average Bonchev–Trinajstić information content (AvgIpc) is 3.40. The molecule has 2 unspecified atom stereocenters. The Morgan fingerprint density at radius 2 is 0.676 bits per heavy atom. The number of allylic oxidation sites excluding steroid dienone is 4. The smallest absolute Gasteiger partial charge is 0.305 e. The van der Waals surface area contributed by atoms with Crippen LogP contribution in [0.5, 0.6) is 0 Å². The second-order valence-corrected chi connectivity index (χ2v) is 23.2. The normalized spacial score (nSPS) is 12.6. The lowest BCUT2D eigenvalue weighted by atomic mass is 10.0. The van der Waals surface area contributed by atoms with Crippen molar-refractivity contribution in [2.24, 2.45) is 0 Å². The minimum Gasteiger partial charge on any atom is -0.466 e. The SMILES string of the molecule is CCCCCCCCCCCCCCCCCCCCCCCCCC(O)C(CO)NC(=O)CCCCCCCCC/C=C\C/C=C\CCCCCOC(=O)CCCCCCCCCCCCCCCCCCC. The molecule has 0 aromatic heterocycles. The van der Waals surface area contributed by atoms with E-state index in [4.69, 9.17) is 4.74 Å². The molecule has 6 heteroatoms. The van der Waals surface area contributed by atoms with Crippen LogP contribution in [0, 0.1) is 0 Å². The van der Waals surface area contributed by atoms with Gasteiger partial charge in [-0.3, -0.25) is 9.59 Å². The largest absolute Gasteiger partial charge is 0.466 e. The van der Waals surface area contributed by atoms with Crippen LogP contribution < -0.4 is 5.32 Å². The fourth-order valence-electron chi connectivity index (χ4n) is 10.6. The summed E-state index contributed by atoms with van der Waals surface area (Å²) in [6.07, 6.45) is 79.2. The highest BCUT2D eigenvalue weighted by Gasteiger charge is 2.20.